The first-order chi connectivity index (χ1) is 9.78. The molecule has 2 N–H and O–H groups in total. The summed E-state index contributed by atoms with van der Waals surface area (Å²) in [6.07, 6.45) is 3.82. The lowest BCUT2D eigenvalue weighted by Gasteiger charge is -2.24. The minimum Gasteiger partial charge on any atom is -0.399 e. The zero-order valence-corrected chi connectivity index (χ0v) is 11.5. The number of hydrogen-bond acceptors (Lipinski definition) is 3. The van der Waals surface area contributed by atoms with E-state index in [0.717, 1.165) is 30.2 Å². The molecule has 0 aliphatic heterocycles. The summed E-state index contributed by atoms with van der Waals surface area (Å²) < 4.78 is 2.11. The summed E-state index contributed by atoms with van der Waals surface area (Å²) in [4.78, 5) is 6.64. The van der Waals surface area contributed by atoms with Crippen LogP contribution in [0.2, 0.25) is 0 Å². The van der Waals surface area contributed by atoms with E-state index < -0.39 is 0 Å². The number of nitrogens with zero attached hydrogens (tertiary/aromatic N) is 3. The molecule has 0 saturated carbocycles. The second-order valence-corrected chi connectivity index (χ2v) is 4.80. The molecule has 0 unspecified atom stereocenters. The molecule has 0 saturated heterocycles. The van der Waals surface area contributed by atoms with E-state index in [1.807, 2.05) is 42.7 Å². The first-order valence-corrected chi connectivity index (χ1v) is 6.79. The minimum atomic E-state index is 0.805. The van der Waals surface area contributed by atoms with Crippen LogP contribution in [-0.4, -0.2) is 15.9 Å². The van der Waals surface area contributed by atoms with Crippen LogP contribution in [0.5, 0.6) is 0 Å². The minimum absolute atomic E-state index is 0.805. The molecular weight excluding hydrogens is 248 g/mol. The lowest BCUT2D eigenvalue weighted by atomic mass is 10.2. The highest BCUT2D eigenvalue weighted by Crippen LogP contribution is 2.19. The van der Waals surface area contributed by atoms with Crippen LogP contribution in [0.25, 0.3) is 5.65 Å². The topological polar surface area (TPSA) is 46.6 Å². The molecule has 0 atom stereocenters. The van der Waals surface area contributed by atoms with Gasteiger partial charge in [0.25, 0.3) is 0 Å². The Bertz CT molecular complexity index is 717. The molecule has 1 aromatic carbocycles. The Morgan fingerprint density at radius 1 is 1.20 bits per heavy atom. The van der Waals surface area contributed by atoms with Crippen LogP contribution >= 0.6 is 0 Å². The van der Waals surface area contributed by atoms with Crippen molar-refractivity contribution in [1.82, 2.24) is 9.38 Å². The molecule has 0 amide bonds. The molecule has 3 aromatic rings. The molecule has 0 fully saturated rings. The third-order valence-corrected chi connectivity index (χ3v) is 3.44. The zero-order chi connectivity index (χ0) is 13.9. The third kappa shape index (κ3) is 2.32. The van der Waals surface area contributed by atoms with Gasteiger partial charge in [-0.05, 0) is 36.8 Å². The molecule has 4 heteroatoms. The lowest BCUT2D eigenvalue weighted by Crippen LogP contribution is -2.24. The molecule has 102 valence electrons. The van der Waals surface area contributed by atoms with Crippen molar-refractivity contribution in [1.29, 1.82) is 0 Å². The van der Waals surface area contributed by atoms with Crippen molar-refractivity contribution < 1.29 is 0 Å². The quantitative estimate of drug-likeness (QED) is 0.738. The van der Waals surface area contributed by atoms with E-state index in [1.165, 1.54) is 5.56 Å². The highest BCUT2D eigenvalue weighted by atomic mass is 15.2. The van der Waals surface area contributed by atoms with Crippen molar-refractivity contribution in [3.05, 3.63) is 60.4 Å². The van der Waals surface area contributed by atoms with Crippen molar-refractivity contribution >= 4 is 17.2 Å². The second-order valence-electron chi connectivity index (χ2n) is 4.80. The number of hydrogen-bond donors (Lipinski definition) is 1. The monoisotopic (exact) mass is 266 g/mol. The van der Waals surface area contributed by atoms with E-state index in [0.29, 0.717) is 0 Å². The number of nitrogen functional groups attached to an aromatic ring is 1. The number of benzene rings is 1. The predicted molar refractivity (Wildman–Crippen MR) is 82.8 cm³/mol. The molecule has 20 heavy (non-hydrogen) atoms. The van der Waals surface area contributed by atoms with E-state index in [2.05, 4.69) is 33.3 Å². The van der Waals surface area contributed by atoms with Gasteiger partial charge in [0, 0.05) is 31.2 Å². The fourth-order valence-electron chi connectivity index (χ4n) is 2.46. The number of anilines is 2. The maximum Gasteiger partial charge on any atom is 0.138 e. The molecule has 3 rings (SSSR count). The lowest BCUT2D eigenvalue weighted by molar-refractivity contribution is 0.804. The van der Waals surface area contributed by atoms with Crippen LogP contribution in [-0.2, 0) is 6.54 Å². The average molecular weight is 266 g/mol. The molecule has 0 spiro atoms. The number of imidazole rings is 1. The fraction of sp³-hybridized carbons (Fsp3) is 0.188. The smallest absolute Gasteiger partial charge is 0.138 e. The number of aromatic nitrogens is 2. The van der Waals surface area contributed by atoms with Crippen molar-refractivity contribution in [3.63, 3.8) is 0 Å². The maximum absolute atomic E-state index is 5.85. The van der Waals surface area contributed by atoms with Gasteiger partial charge in [0.15, 0.2) is 0 Å². The largest absolute Gasteiger partial charge is 0.399 e. The van der Waals surface area contributed by atoms with Crippen LogP contribution in [0, 0.1) is 0 Å². The molecule has 0 aliphatic carbocycles. The fourth-order valence-corrected chi connectivity index (χ4v) is 2.46. The van der Waals surface area contributed by atoms with Gasteiger partial charge in [0.05, 0.1) is 0 Å². The third-order valence-electron chi connectivity index (χ3n) is 3.44. The Hall–Kier alpha value is -2.49. The molecule has 4 nitrogen and oxygen atoms in total. The Morgan fingerprint density at radius 3 is 2.85 bits per heavy atom. The van der Waals surface area contributed by atoms with E-state index in [1.54, 1.807) is 0 Å². The number of fused-ring (bicyclic) bond motifs is 1. The van der Waals surface area contributed by atoms with Crippen molar-refractivity contribution in [3.8, 4) is 0 Å². The van der Waals surface area contributed by atoms with Gasteiger partial charge in [-0.1, -0.05) is 18.2 Å². The van der Waals surface area contributed by atoms with E-state index >= 15 is 0 Å². The number of pyridine rings is 1. The van der Waals surface area contributed by atoms with Gasteiger partial charge in [-0.3, -0.25) is 4.40 Å². The van der Waals surface area contributed by atoms with E-state index in [9.17, 15) is 0 Å². The highest BCUT2D eigenvalue weighted by molar-refractivity contribution is 5.52. The molecule has 0 radical (unpaired) electrons. The van der Waals surface area contributed by atoms with Gasteiger partial charge < -0.3 is 10.6 Å². The summed E-state index contributed by atoms with van der Waals surface area (Å²) in [5, 5.41) is 0. The molecular formula is C16H18N4. The summed E-state index contributed by atoms with van der Waals surface area (Å²) in [6.45, 7) is 3.91. The van der Waals surface area contributed by atoms with Crippen LogP contribution in [0.4, 0.5) is 11.5 Å². The van der Waals surface area contributed by atoms with Crippen molar-refractivity contribution in [2.45, 2.75) is 13.5 Å². The second kappa shape index (κ2) is 5.25. The standard InChI is InChI=1S/C16H18N4/c1-2-19(12-13-5-3-6-14(17)11-13)16-8-4-7-15-18-9-10-20(15)16/h3-11H,2,12,17H2,1H3. The van der Waals surface area contributed by atoms with Gasteiger partial charge in [-0.2, -0.15) is 0 Å². The maximum atomic E-state index is 5.85. The Balaban J connectivity index is 1.95. The molecule has 2 aromatic heterocycles. The zero-order valence-electron chi connectivity index (χ0n) is 11.5. The van der Waals surface area contributed by atoms with Crippen molar-refractivity contribution in [2.24, 2.45) is 0 Å². The summed E-state index contributed by atoms with van der Waals surface area (Å²) >= 11 is 0. The summed E-state index contributed by atoms with van der Waals surface area (Å²) in [5.74, 6) is 1.14. The predicted octanol–water partition coefficient (Wildman–Crippen LogP) is 2.94. The highest BCUT2D eigenvalue weighted by Gasteiger charge is 2.09. The van der Waals surface area contributed by atoms with Crippen LogP contribution in [0.3, 0.4) is 0 Å². The molecule has 0 bridgehead atoms. The first kappa shape index (κ1) is 12.5. The number of nitrogens with two attached hydrogens (primary N) is 1. The average Bonchev–Trinajstić information content (AvgIpc) is 2.93. The van der Waals surface area contributed by atoms with Crippen LogP contribution in [0.15, 0.2) is 54.9 Å². The normalized spacial score (nSPS) is 10.8. The Morgan fingerprint density at radius 2 is 2.05 bits per heavy atom. The van der Waals surface area contributed by atoms with Crippen molar-refractivity contribution in [2.75, 3.05) is 17.2 Å². The summed E-state index contributed by atoms with van der Waals surface area (Å²) in [7, 11) is 0. The van der Waals surface area contributed by atoms with E-state index in [-0.39, 0.29) is 0 Å². The molecule has 2 heterocycles. The number of rotatable bonds is 4. The van der Waals surface area contributed by atoms with Gasteiger partial charge in [0.1, 0.15) is 11.5 Å². The van der Waals surface area contributed by atoms with Gasteiger partial charge >= 0.3 is 0 Å². The molecule has 0 aliphatic rings. The summed E-state index contributed by atoms with van der Waals surface area (Å²) in [6, 6.07) is 14.2. The first-order valence-electron chi connectivity index (χ1n) is 6.79. The van der Waals surface area contributed by atoms with Crippen LogP contribution in [0.1, 0.15) is 12.5 Å². The Labute approximate surface area is 118 Å². The van der Waals surface area contributed by atoms with E-state index in [4.69, 9.17) is 5.73 Å². The van der Waals surface area contributed by atoms with Crippen LogP contribution < -0.4 is 10.6 Å². The summed E-state index contributed by atoms with van der Waals surface area (Å²) in [5.41, 5.74) is 8.84. The SMILES string of the molecule is CCN(Cc1cccc(N)c1)c1cccc2nccn12. The van der Waals surface area contributed by atoms with Gasteiger partial charge in [-0.25, -0.2) is 4.98 Å². The Kier molecular flexibility index (Phi) is 3.29. The van der Waals surface area contributed by atoms with Gasteiger partial charge in [0.2, 0.25) is 0 Å². The van der Waals surface area contributed by atoms with Gasteiger partial charge in [-0.15, -0.1) is 0 Å².